The summed E-state index contributed by atoms with van der Waals surface area (Å²) in [6.07, 6.45) is 4.16. The smallest absolute Gasteiger partial charge is 0.243 e. The van der Waals surface area contributed by atoms with Crippen LogP contribution in [0, 0.1) is 5.92 Å². The highest BCUT2D eigenvalue weighted by atomic mass is 32.2. The van der Waals surface area contributed by atoms with Crippen molar-refractivity contribution >= 4 is 27.3 Å². The van der Waals surface area contributed by atoms with Gasteiger partial charge in [-0.15, -0.1) is 0 Å². The van der Waals surface area contributed by atoms with Gasteiger partial charge in [-0.2, -0.15) is 4.31 Å². The van der Waals surface area contributed by atoms with E-state index < -0.39 is 10.0 Å². The van der Waals surface area contributed by atoms with Crippen LogP contribution in [0.5, 0.6) is 0 Å². The van der Waals surface area contributed by atoms with E-state index in [0.717, 1.165) is 49.3 Å². The number of carbonyl (C=O) groups excluding carboxylic acids is 1. The highest BCUT2D eigenvalue weighted by Crippen LogP contribution is 2.29. The van der Waals surface area contributed by atoms with Gasteiger partial charge in [-0.3, -0.25) is 4.79 Å². The maximum atomic E-state index is 13.1. The minimum Gasteiger partial charge on any atom is -0.372 e. The maximum absolute atomic E-state index is 13.1. The van der Waals surface area contributed by atoms with Crippen molar-refractivity contribution in [1.82, 2.24) is 4.31 Å². The van der Waals surface area contributed by atoms with Gasteiger partial charge >= 0.3 is 0 Å². The fourth-order valence-electron chi connectivity index (χ4n) is 4.80. The third-order valence-corrected chi connectivity index (χ3v) is 8.69. The molecule has 2 aromatic carbocycles. The number of nitrogens with zero attached hydrogens (tertiary/aromatic N) is 2. The van der Waals surface area contributed by atoms with Gasteiger partial charge in [-0.1, -0.05) is 6.07 Å². The average Bonchev–Trinajstić information content (AvgIpc) is 3.29. The molecule has 6 nitrogen and oxygen atoms in total. The van der Waals surface area contributed by atoms with Gasteiger partial charge in [0.15, 0.2) is 0 Å². The Morgan fingerprint density at radius 2 is 1.66 bits per heavy atom. The van der Waals surface area contributed by atoms with E-state index in [9.17, 15) is 13.2 Å². The molecule has 0 atom stereocenters. The summed E-state index contributed by atoms with van der Waals surface area (Å²) in [5.74, 6) is -0.209. The number of hydrogen-bond acceptors (Lipinski definition) is 4. The summed E-state index contributed by atoms with van der Waals surface area (Å²) in [5.41, 5.74) is 4.34. The number of piperidine rings is 1. The summed E-state index contributed by atoms with van der Waals surface area (Å²) in [5, 5.41) is 3.00. The SMILES string of the molecule is CCN(CC)c1ccc(NC(=O)C2CCN(S(=O)(=O)c3ccc4c(c3)CCC4)CC2)cc1. The third kappa shape index (κ3) is 4.69. The number of sulfonamides is 1. The summed E-state index contributed by atoms with van der Waals surface area (Å²) < 4.78 is 27.8. The monoisotopic (exact) mass is 455 g/mol. The minimum atomic E-state index is -3.51. The lowest BCUT2D eigenvalue weighted by Crippen LogP contribution is -2.41. The molecule has 1 heterocycles. The Morgan fingerprint density at radius 1 is 1.00 bits per heavy atom. The molecule has 1 aliphatic heterocycles. The summed E-state index contributed by atoms with van der Waals surface area (Å²) in [4.78, 5) is 15.4. The number of fused-ring (bicyclic) bond motifs is 1. The Balaban J connectivity index is 1.34. The molecule has 2 aromatic rings. The zero-order valence-electron chi connectivity index (χ0n) is 19.0. The molecule has 172 valence electrons. The molecule has 2 aliphatic rings. The van der Waals surface area contributed by atoms with Gasteiger partial charge in [0.05, 0.1) is 4.90 Å². The quantitative estimate of drug-likeness (QED) is 0.684. The van der Waals surface area contributed by atoms with Crippen molar-refractivity contribution in [3.8, 4) is 0 Å². The van der Waals surface area contributed by atoms with Crippen LogP contribution in [0.3, 0.4) is 0 Å². The first-order chi connectivity index (χ1) is 15.4. The normalized spacial score (nSPS) is 17.2. The van der Waals surface area contributed by atoms with Crippen molar-refractivity contribution in [1.29, 1.82) is 0 Å². The number of carbonyl (C=O) groups is 1. The van der Waals surface area contributed by atoms with E-state index in [2.05, 4.69) is 24.1 Å². The van der Waals surface area contributed by atoms with Crippen LogP contribution in [0.4, 0.5) is 11.4 Å². The predicted octanol–water partition coefficient (Wildman–Crippen LogP) is 4.06. The van der Waals surface area contributed by atoms with Crippen LogP contribution in [0.1, 0.15) is 44.2 Å². The van der Waals surface area contributed by atoms with Crippen molar-refractivity contribution in [2.75, 3.05) is 36.4 Å². The van der Waals surface area contributed by atoms with E-state index in [1.54, 1.807) is 6.07 Å². The van der Waals surface area contributed by atoms with Crippen molar-refractivity contribution in [3.05, 3.63) is 53.6 Å². The Bertz CT molecular complexity index is 1050. The highest BCUT2D eigenvalue weighted by molar-refractivity contribution is 7.89. The second-order valence-electron chi connectivity index (χ2n) is 8.67. The first-order valence-corrected chi connectivity index (χ1v) is 13.1. The topological polar surface area (TPSA) is 69.7 Å². The molecular weight excluding hydrogens is 422 g/mol. The lowest BCUT2D eigenvalue weighted by Gasteiger charge is -2.30. The Kier molecular flexibility index (Phi) is 6.86. The Labute approximate surface area is 191 Å². The number of anilines is 2. The van der Waals surface area contributed by atoms with Crippen molar-refractivity contribution in [2.24, 2.45) is 5.92 Å². The molecule has 0 aromatic heterocycles. The molecule has 1 fully saturated rings. The molecular formula is C25H33N3O3S. The van der Waals surface area contributed by atoms with Gasteiger partial charge < -0.3 is 10.2 Å². The first-order valence-electron chi connectivity index (χ1n) is 11.7. The van der Waals surface area contributed by atoms with E-state index in [1.807, 2.05) is 36.4 Å². The molecule has 1 N–H and O–H groups in total. The minimum absolute atomic E-state index is 0.0323. The number of nitrogens with one attached hydrogen (secondary N) is 1. The summed E-state index contributed by atoms with van der Waals surface area (Å²) in [7, 11) is -3.51. The molecule has 7 heteroatoms. The van der Waals surface area contributed by atoms with Gasteiger partial charge in [0, 0.05) is 43.5 Å². The number of amides is 1. The molecule has 1 saturated heterocycles. The first kappa shape index (κ1) is 22.8. The van der Waals surface area contributed by atoms with Gasteiger partial charge in [-0.25, -0.2) is 8.42 Å². The fraction of sp³-hybridized carbons (Fsp3) is 0.480. The van der Waals surface area contributed by atoms with Crippen LogP contribution in [0.25, 0.3) is 0 Å². The lowest BCUT2D eigenvalue weighted by atomic mass is 9.97. The molecule has 1 amide bonds. The van der Waals surface area contributed by atoms with E-state index in [4.69, 9.17) is 0 Å². The largest absolute Gasteiger partial charge is 0.372 e. The Morgan fingerprint density at radius 3 is 2.31 bits per heavy atom. The predicted molar refractivity (Wildman–Crippen MR) is 129 cm³/mol. The van der Waals surface area contributed by atoms with Crippen molar-refractivity contribution in [2.45, 2.75) is 50.8 Å². The summed E-state index contributed by atoms with van der Waals surface area (Å²) in [6.45, 7) is 6.87. The molecule has 32 heavy (non-hydrogen) atoms. The zero-order valence-corrected chi connectivity index (χ0v) is 19.8. The standard InChI is InChI=1S/C25H33N3O3S/c1-3-27(4-2)23-11-9-22(10-12-23)26-25(29)20-14-16-28(17-15-20)32(30,31)24-13-8-19-6-5-7-21(19)18-24/h8-13,18,20H,3-7,14-17H2,1-2H3,(H,26,29). The van der Waals surface area contributed by atoms with E-state index in [1.165, 1.54) is 9.87 Å². The van der Waals surface area contributed by atoms with Crippen LogP contribution in [-0.2, 0) is 27.7 Å². The number of hydrogen-bond donors (Lipinski definition) is 1. The van der Waals surface area contributed by atoms with E-state index >= 15 is 0 Å². The summed E-state index contributed by atoms with van der Waals surface area (Å²) >= 11 is 0. The molecule has 0 spiro atoms. The second kappa shape index (κ2) is 9.63. The van der Waals surface area contributed by atoms with Crippen LogP contribution >= 0.6 is 0 Å². The van der Waals surface area contributed by atoms with Crippen LogP contribution in [0.15, 0.2) is 47.4 Å². The molecule has 4 rings (SSSR count). The van der Waals surface area contributed by atoms with Crippen LogP contribution < -0.4 is 10.2 Å². The van der Waals surface area contributed by atoms with Gasteiger partial charge in [0.25, 0.3) is 0 Å². The molecule has 0 bridgehead atoms. The molecule has 1 aliphatic carbocycles. The third-order valence-electron chi connectivity index (χ3n) is 6.80. The lowest BCUT2D eigenvalue weighted by molar-refractivity contribution is -0.120. The van der Waals surface area contributed by atoms with Crippen molar-refractivity contribution in [3.63, 3.8) is 0 Å². The van der Waals surface area contributed by atoms with Crippen LogP contribution in [-0.4, -0.2) is 44.8 Å². The molecule has 0 radical (unpaired) electrons. The number of aryl methyl sites for hydroxylation is 2. The van der Waals surface area contributed by atoms with Crippen molar-refractivity contribution < 1.29 is 13.2 Å². The maximum Gasteiger partial charge on any atom is 0.243 e. The van der Waals surface area contributed by atoms with Gasteiger partial charge in [0.1, 0.15) is 0 Å². The van der Waals surface area contributed by atoms with E-state index in [0.29, 0.717) is 30.8 Å². The highest BCUT2D eigenvalue weighted by Gasteiger charge is 2.32. The van der Waals surface area contributed by atoms with Gasteiger partial charge in [0.2, 0.25) is 15.9 Å². The van der Waals surface area contributed by atoms with Gasteiger partial charge in [-0.05, 0) is 93.5 Å². The Hall–Kier alpha value is -2.38. The molecule has 0 unspecified atom stereocenters. The van der Waals surface area contributed by atoms with E-state index in [-0.39, 0.29) is 11.8 Å². The summed E-state index contributed by atoms with van der Waals surface area (Å²) in [6, 6.07) is 13.4. The number of rotatable bonds is 7. The fourth-order valence-corrected chi connectivity index (χ4v) is 6.33. The molecule has 0 saturated carbocycles. The number of benzene rings is 2. The average molecular weight is 456 g/mol. The van der Waals surface area contributed by atoms with Crippen LogP contribution in [0.2, 0.25) is 0 Å². The second-order valence-corrected chi connectivity index (χ2v) is 10.6. The zero-order chi connectivity index (χ0) is 22.7.